The molecule has 3 rings (SSSR count). The number of rotatable bonds is 10. The Morgan fingerprint density at radius 3 is 2.61 bits per heavy atom. The molecule has 2 N–H and O–H groups in total. The summed E-state index contributed by atoms with van der Waals surface area (Å²) in [6, 6.07) is 9.95. The first-order chi connectivity index (χ1) is 15.5. The molecule has 0 radical (unpaired) electrons. The van der Waals surface area contributed by atoms with Crippen LogP contribution in [-0.2, 0) is 26.0 Å². The van der Waals surface area contributed by atoms with Gasteiger partial charge in [0, 0.05) is 18.3 Å². The number of nitrogens with one attached hydrogen (secondary N) is 2. The monoisotopic (exact) mass is 475 g/mol. The molecule has 0 aliphatic carbocycles. The minimum atomic E-state index is -3.17. The number of aromatic nitrogens is 1. The summed E-state index contributed by atoms with van der Waals surface area (Å²) in [5, 5.41) is 3.18. The number of esters is 1. The van der Waals surface area contributed by atoms with E-state index in [4.69, 9.17) is 9.47 Å². The predicted molar refractivity (Wildman–Crippen MR) is 128 cm³/mol. The molecule has 1 saturated heterocycles. The second-order valence-electron chi connectivity index (χ2n) is 9.43. The highest BCUT2D eigenvalue weighted by Gasteiger charge is 2.47. The Bertz CT molecular complexity index is 1080. The van der Waals surface area contributed by atoms with E-state index in [2.05, 4.69) is 21.1 Å². The quantitative estimate of drug-likeness (QED) is 0.402. The van der Waals surface area contributed by atoms with Crippen molar-refractivity contribution in [2.45, 2.75) is 51.2 Å². The third-order valence-corrected chi connectivity index (χ3v) is 6.00. The van der Waals surface area contributed by atoms with Crippen LogP contribution in [0.1, 0.15) is 39.2 Å². The average molecular weight is 476 g/mol. The average Bonchev–Trinajstić information content (AvgIpc) is 2.69. The van der Waals surface area contributed by atoms with Crippen molar-refractivity contribution >= 4 is 16.0 Å². The molecule has 2 aromatic rings. The van der Waals surface area contributed by atoms with Crippen molar-refractivity contribution in [1.29, 1.82) is 0 Å². The third-order valence-electron chi connectivity index (χ3n) is 5.27. The fourth-order valence-electron chi connectivity index (χ4n) is 3.48. The number of hydrogen-bond acceptors (Lipinski definition) is 7. The molecule has 0 saturated carbocycles. The van der Waals surface area contributed by atoms with Gasteiger partial charge in [-0.25, -0.2) is 17.9 Å². The first-order valence-electron chi connectivity index (χ1n) is 11.1. The van der Waals surface area contributed by atoms with Crippen LogP contribution in [0.15, 0.2) is 42.7 Å². The maximum Gasteiger partial charge on any atom is 0.330 e. The normalized spacial score (nSPS) is 18.4. The van der Waals surface area contributed by atoms with Gasteiger partial charge in [0.1, 0.15) is 18.0 Å². The Morgan fingerprint density at radius 1 is 1.21 bits per heavy atom. The number of aryl methyl sites for hydroxylation is 1. The second-order valence-corrected chi connectivity index (χ2v) is 11.3. The standard InChI is InChI=1S/C24H33N3O5S/c1-23(2,3)32-22(28)24(10-12-26-24)17-31-21-14-20(15-25-16-21)19-9-5-7-18(13-19)8-6-11-27-33(4,29)30/h5,7,9,13-16,26-27H,6,8,10-12,17H2,1-4H3/t24-/m0/s1. The summed E-state index contributed by atoms with van der Waals surface area (Å²) >= 11 is 0. The Kier molecular flexibility index (Phi) is 7.76. The van der Waals surface area contributed by atoms with Gasteiger partial charge in [-0.05, 0) is 63.8 Å². The fourth-order valence-corrected chi connectivity index (χ4v) is 3.99. The SMILES string of the molecule is CC(C)(C)OC(=O)[C@@]1(COc2cncc(-c3cccc(CCCNS(C)(=O)=O)c3)c2)CCN1. The molecule has 1 atom stereocenters. The molecule has 1 aromatic carbocycles. The van der Waals surface area contributed by atoms with Crippen LogP contribution in [0.5, 0.6) is 5.75 Å². The van der Waals surface area contributed by atoms with E-state index in [0.717, 1.165) is 35.9 Å². The lowest BCUT2D eigenvalue weighted by Crippen LogP contribution is -2.66. The molecule has 1 aromatic heterocycles. The van der Waals surface area contributed by atoms with Crippen molar-refractivity contribution in [3.05, 3.63) is 48.3 Å². The molecule has 0 spiro atoms. The minimum Gasteiger partial charge on any atom is -0.489 e. The summed E-state index contributed by atoms with van der Waals surface area (Å²) in [5.41, 5.74) is 1.61. The number of benzene rings is 1. The number of pyridine rings is 1. The van der Waals surface area contributed by atoms with E-state index in [1.54, 1.807) is 12.4 Å². The zero-order valence-electron chi connectivity index (χ0n) is 19.7. The van der Waals surface area contributed by atoms with Crippen LogP contribution in [0.2, 0.25) is 0 Å². The van der Waals surface area contributed by atoms with Crippen LogP contribution in [0.3, 0.4) is 0 Å². The van der Waals surface area contributed by atoms with Gasteiger partial charge in [-0.2, -0.15) is 0 Å². The van der Waals surface area contributed by atoms with Gasteiger partial charge in [0.25, 0.3) is 0 Å². The van der Waals surface area contributed by atoms with Gasteiger partial charge in [-0.15, -0.1) is 0 Å². The Morgan fingerprint density at radius 2 is 1.97 bits per heavy atom. The van der Waals surface area contributed by atoms with Gasteiger partial charge in [0.15, 0.2) is 5.54 Å². The highest BCUT2D eigenvalue weighted by atomic mass is 32.2. The Hall–Kier alpha value is -2.49. The van der Waals surface area contributed by atoms with Crippen LogP contribution < -0.4 is 14.8 Å². The van der Waals surface area contributed by atoms with E-state index in [1.165, 1.54) is 0 Å². The molecule has 9 heteroatoms. The number of ether oxygens (including phenoxy) is 2. The van der Waals surface area contributed by atoms with Crippen molar-refractivity contribution in [2.75, 3.05) is 26.0 Å². The first-order valence-corrected chi connectivity index (χ1v) is 13.0. The van der Waals surface area contributed by atoms with E-state index in [0.29, 0.717) is 25.1 Å². The van der Waals surface area contributed by atoms with E-state index in [-0.39, 0.29) is 12.6 Å². The van der Waals surface area contributed by atoms with Crippen molar-refractivity contribution in [3.63, 3.8) is 0 Å². The molecule has 33 heavy (non-hydrogen) atoms. The molecule has 8 nitrogen and oxygen atoms in total. The number of carbonyl (C=O) groups is 1. The maximum atomic E-state index is 12.7. The van der Waals surface area contributed by atoms with E-state index < -0.39 is 21.2 Å². The van der Waals surface area contributed by atoms with Crippen molar-refractivity contribution in [3.8, 4) is 16.9 Å². The van der Waals surface area contributed by atoms with Gasteiger partial charge < -0.3 is 9.47 Å². The van der Waals surface area contributed by atoms with Crippen LogP contribution in [0.4, 0.5) is 0 Å². The molecular weight excluding hydrogens is 442 g/mol. The van der Waals surface area contributed by atoms with Crippen LogP contribution in [0.25, 0.3) is 11.1 Å². The topological polar surface area (TPSA) is 107 Å². The third kappa shape index (κ3) is 7.52. The molecule has 1 fully saturated rings. The van der Waals surface area contributed by atoms with Crippen molar-refractivity contribution in [2.24, 2.45) is 0 Å². The fraction of sp³-hybridized carbons (Fsp3) is 0.500. The minimum absolute atomic E-state index is 0.167. The Balaban J connectivity index is 1.63. The lowest BCUT2D eigenvalue weighted by Gasteiger charge is -2.41. The number of hydrogen-bond donors (Lipinski definition) is 2. The molecule has 2 heterocycles. The zero-order chi connectivity index (χ0) is 24.1. The number of nitrogens with zero attached hydrogens (tertiary/aromatic N) is 1. The lowest BCUT2D eigenvalue weighted by atomic mass is 9.88. The molecule has 1 aliphatic rings. The smallest absolute Gasteiger partial charge is 0.330 e. The number of carbonyl (C=O) groups excluding carboxylic acids is 1. The summed E-state index contributed by atoms with van der Waals surface area (Å²) in [6.07, 6.45) is 6.67. The highest BCUT2D eigenvalue weighted by Crippen LogP contribution is 2.27. The summed E-state index contributed by atoms with van der Waals surface area (Å²) in [5.74, 6) is 0.273. The van der Waals surface area contributed by atoms with Crippen LogP contribution >= 0.6 is 0 Å². The van der Waals surface area contributed by atoms with Crippen molar-refractivity contribution < 1.29 is 22.7 Å². The lowest BCUT2D eigenvalue weighted by molar-refractivity contribution is -0.168. The van der Waals surface area contributed by atoms with Crippen molar-refractivity contribution in [1.82, 2.24) is 15.0 Å². The molecule has 0 unspecified atom stereocenters. The van der Waals surface area contributed by atoms with Gasteiger partial charge in [-0.1, -0.05) is 24.3 Å². The largest absolute Gasteiger partial charge is 0.489 e. The summed E-state index contributed by atoms with van der Waals surface area (Å²) in [6.45, 7) is 6.86. The van der Waals surface area contributed by atoms with Gasteiger partial charge in [0.05, 0.1) is 12.5 Å². The van der Waals surface area contributed by atoms with Crippen LogP contribution in [0, 0.1) is 0 Å². The predicted octanol–water partition coefficient (Wildman–Crippen LogP) is 2.68. The van der Waals surface area contributed by atoms with Gasteiger partial charge >= 0.3 is 5.97 Å². The molecule has 1 aliphatic heterocycles. The van der Waals surface area contributed by atoms with E-state index in [1.807, 2.05) is 45.0 Å². The van der Waals surface area contributed by atoms with Gasteiger partial charge in [-0.3, -0.25) is 10.3 Å². The second kappa shape index (κ2) is 10.2. The summed E-state index contributed by atoms with van der Waals surface area (Å²) < 4.78 is 36.4. The van der Waals surface area contributed by atoms with Gasteiger partial charge in [0.2, 0.25) is 10.0 Å². The molecular formula is C24H33N3O5S. The highest BCUT2D eigenvalue weighted by molar-refractivity contribution is 7.88. The van der Waals surface area contributed by atoms with E-state index in [9.17, 15) is 13.2 Å². The molecule has 0 amide bonds. The summed E-state index contributed by atoms with van der Waals surface area (Å²) in [7, 11) is -3.17. The Labute approximate surface area is 196 Å². The molecule has 180 valence electrons. The maximum absolute atomic E-state index is 12.7. The van der Waals surface area contributed by atoms with E-state index >= 15 is 0 Å². The molecule has 0 bridgehead atoms. The van der Waals surface area contributed by atoms with Crippen LogP contribution in [-0.4, -0.2) is 56.5 Å². The zero-order valence-corrected chi connectivity index (χ0v) is 20.5. The first kappa shape index (κ1) is 25.1. The number of sulfonamides is 1. The summed E-state index contributed by atoms with van der Waals surface area (Å²) in [4.78, 5) is 17.0.